The standard InChI is InChI=1S/C15H11ClF3NO3/c16-12-6-1-2-7-13(12)22-9-14(21)20-10-4-3-5-11(8-10)23-15(17,18)19/h1-8H,9H2,(H,20,21). The first-order chi connectivity index (χ1) is 10.8. The van der Waals surface area contributed by atoms with E-state index in [-0.39, 0.29) is 12.3 Å². The van der Waals surface area contributed by atoms with Crippen LogP contribution in [0.5, 0.6) is 11.5 Å². The van der Waals surface area contributed by atoms with Crippen LogP contribution < -0.4 is 14.8 Å². The zero-order valence-electron chi connectivity index (χ0n) is 11.6. The molecule has 0 radical (unpaired) electrons. The largest absolute Gasteiger partial charge is 0.573 e. The van der Waals surface area contributed by atoms with Crippen molar-refractivity contribution in [2.75, 3.05) is 11.9 Å². The highest BCUT2D eigenvalue weighted by Gasteiger charge is 2.31. The first-order valence-corrected chi connectivity index (χ1v) is 6.74. The smallest absolute Gasteiger partial charge is 0.482 e. The number of rotatable bonds is 5. The molecule has 0 aromatic heterocycles. The van der Waals surface area contributed by atoms with Crippen molar-refractivity contribution in [2.45, 2.75) is 6.36 Å². The van der Waals surface area contributed by atoms with Gasteiger partial charge in [-0.25, -0.2) is 0 Å². The van der Waals surface area contributed by atoms with E-state index in [0.717, 1.165) is 12.1 Å². The molecule has 0 saturated carbocycles. The van der Waals surface area contributed by atoms with Crippen LogP contribution in [-0.2, 0) is 4.79 Å². The highest BCUT2D eigenvalue weighted by Crippen LogP contribution is 2.25. The van der Waals surface area contributed by atoms with E-state index in [0.29, 0.717) is 10.8 Å². The summed E-state index contributed by atoms with van der Waals surface area (Å²) in [7, 11) is 0. The van der Waals surface area contributed by atoms with Crippen LogP contribution in [0.25, 0.3) is 0 Å². The highest BCUT2D eigenvalue weighted by molar-refractivity contribution is 6.32. The molecular weight excluding hydrogens is 335 g/mol. The van der Waals surface area contributed by atoms with Gasteiger partial charge in [0.05, 0.1) is 5.02 Å². The molecule has 0 atom stereocenters. The summed E-state index contributed by atoms with van der Waals surface area (Å²) in [5.74, 6) is -0.644. The lowest BCUT2D eigenvalue weighted by molar-refractivity contribution is -0.274. The lowest BCUT2D eigenvalue weighted by Crippen LogP contribution is -2.20. The number of ether oxygens (including phenoxy) is 2. The van der Waals surface area contributed by atoms with Gasteiger partial charge < -0.3 is 14.8 Å². The fourth-order valence-corrected chi connectivity index (χ4v) is 1.86. The van der Waals surface area contributed by atoms with E-state index in [1.54, 1.807) is 24.3 Å². The number of carbonyl (C=O) groups is 1. The summed E-state index contributed by atoms with van der Waals surface area (Å²) < 4.78 is 45.4. The fourth-order valence-electron chi connectivity index (χ4n) is 1.67. The second-order valence-corrected chi connectivity index (χ2v) is 4.75. The molecule has 1 N–H and O–H groups in total. The van der Waals surface area contributed by atoms with Gasteiger partial charge in [0.15, 0.2) is 6.61 Å². The molecule has 0 aliphatic rings. The summed E-state index contributed by atoms with van der Waals surface area (Å²) in [6.45, 7) is -0.339. The third kappa shape index (κ3) is 5.71. The Morgan fingerprint density at radius 1 is 1.13 bits per heavy atom. The predicted molar refractivity (Wildman–Crippen MR) is 78.7 cm³/mol. The van der Waals surface area contributed by atoms with Crippen LogP contribution in [0.4, 0.5) is 18.9 Å². The molecule has 0 heterocycles. The molecule has 8 heteroatoms. The van der Waals surface area contributed by atoms with Crippen molar-refractivity contribution < 1.29 is 27.4 Å². The van der Waals surface area contributed by atoms with Crippen molar-refractivity contribution in [1.29, 1.82) is 0 Å². The molecule has 0 aliphatic heterocycles. The van der Waals surface area contributed by atoms with E-state index < -0.39 is 18.0 Å². The van der Waals surface area contributed by atoms with E-state index in [4.69, 9.17) is 16.3 Å². The molecule has 0 unspecified atom stereocenters. The summed E-state index contributed by atoms with van der Waals surface area (Å²) in [5, 5.41) is 2.75. The Morgan fingerprint density at radius 2 is 1.87 bits per heavy atom. The van der Waals surface area contributed by atoms with Crippen molar-refractivity contribution in [1.82, 2.24) is 0 Å². The Balaban J connectivity index is 1.93. The van der Waals surface area contributed by atoms with E-state index >= 15 is 0 Å². The topological polar surface area (TPSA) is 47.6 Å². The van der Waals surface area contributed by atoms with Gasteiger partial charge >= 0.3 is 6.36 Å². The minimum Gasteiger partial charge on any atom is -0.482 e. The summed E-state index contributed by atoms with van der Waals surface area (Å²) >= 11 is 5.87. The molecule has 0 spiro atoms. The molecule has 2 aromatic carbocycles. The summed E-state index contributed by atoms with van der Waals surface area (Å²) in [6, 6.07) is 11.5. The number of hydrogen-bond donors (Lipinski definition) is 1. The fraction of sp³-hybridized carbons (Fsp3) is 0.133. The Labute approximate surface area is 134 Å². The van der Waals surface area contributed by atoms with E-state index in [2.05, 4.69) is 10.1 Å². The molecule has 0 bridgehead atoms. The van der Waals surface area contributed by atoms with Crippen molar-refractivity contribution >= 4 is 23.2 Å². The predicted octanol–water partition coefficient (Wildman–Crippen LogP) is 4.26. The van der Waals surface area contributed by atoms with E-state index in [1.165, 1.54) is 12.1 Å². The molecular formula is C15H11ClF3NO3. The average molecular weight is 346 g/mol. The summed E-state index contributed by atoms with van der Waals surface area (Å²) in [5.41, 5.74) is 0.152. The zero-order chi connectivity index (χ0) is 16.9. The number of halogens is 4. The van der Waals surface area contributed by atoms with Crippen LogP contribution in [0.2, 0.25) is 5.02 Å². The number of amides is 1. The Hall–Kier alpha value is -2.41. The summed E-state index contributed by atoms with van der Waals surface area (Å²) in [6.07, 6.45) is -4.80. The number of anilines is 1. The van der Waals surface area contributed by atoms with Crippen LogP contribution in [0.3, 0.4) is 0 Å². The molecule has 0 saturated heterocycles. The second-order valence-electron chi connectivity index (χ2n) is 4.34. The molecule has 4 nitrogen and oxygen atoms in total. The summed E-state index contributed by atoms with van der Waals surface area (Å²) in [4.78, 5) is 11.8. The third-order valence-corrected chi connectivity index (χ3v) is 2.86. The normalized spacial score (nSPS) is 11.0. The molecule has 0 fully saturated rings. The molecule has 0 aliphatic carbocycles. The molecule has 122 valence electrons. The van der Waals surface area contributed by atoms with Gasteiger partial charge in [-0.3, -0.25) is 4.79 Å². The number of alkyl halides is 3. The van der Waals surface area contributed by atoms with Gasteiger partial charge in [0, 0.05) is 11.8 Å². The maximum Gasteiger partial charge on any atom is 0.573 e. The van der Waals surface area contributed by atoms with Crippen LogP contribution >= 0.6 is 11.6 Å². The van der Waals surface area contributed by atoms with Crippen molar-refractivity contribution in [3.05, 3.63) is 53.6 Å². The van der Waals surface area contributed by atoms with E-state index in [9.17, 15) is 18.0 Å². The number of nitrogens with one attached hydrogen (secondary N) is 1. The Morgan fingerprint density at radius 3 is 2.57 bits per heavy atom. The molecule has 2 rings (SSSR count). The first-order valence-electron chi connectivity index (χ1n) is 6.36. The minimum absolute atomic E-state index is 0.152. The van der Waals surface area contributed by atoms with Gasteiger partial charge in [-0.05, 0) is 24.3 Å². The second kappa shape index (κ2) is 7.23. The third-order valence-electron chi connectivity index (χ3n) is 2.55. The first kappa shape index (κ1) is 17.0. The van der Waals surface area contributed by atoms with Gasteiger partial charge in [0.2, 0.25) is 0 Å². The van der Waals surface area contributed by atoms with Crippen molar-refractivity contribution in [2.24, 2.45) is 0 Å². The van der Waals surface area contributed by atoms with Crippen molar-refractivity contribution in [3.63, 3.8) is 0 Å². The van der Waals surface area contributed by atoms with Gasteiger partial charge in [-0.1, -0.05) is 29.8 Å². The Bertz CT molecular complexity index is 692. The van der Waals surface area contributed by atoms with Crippen LogP contribution in [0.15, 0.2) is 48.5 Å². The van der Waals surface area contributed by atoms with Crippen LogP contribution in [0.1, 0.15) is 0 Å². The Kier molecular flexibility index (Phi) is 5.33. The lowest BCUT2D eigenvalue weighted by Gasteiger charge is -2.11. The van der Waals surface area contributed by atoms with Gasteiger partial charge in [-0.2, -0.15) is 0 Å². The average Bonchev–Trinajstić information content (AvgIpc) is 2.45. The molecule has 1 amide bonds. The minimum atomic E-state index is -4.80. The maximum atomic E-state index is 12.1. The number of hydrogen-bond acceptors (Lipinski definition) is 3. The quantitative estimate of drug-likeness (QED) is 0.881. The van der Waals surface area contributed by atoms with Crippen molar-refractivity contribution in [3.8, 4) is 11.5 Å². The zero-order valence-corrected chi connectivity index (χ0v) is 12.3. The van der Waals surface area contributed by atoms with Gasteiger partial charge in [0.25, 0.3) is 5.91 Å². The van der Waals surface area contributed by atoms with Crippen LogP contribution in [0, 0.1) is 0 Å². The highest BCUT2D eigenvalue weighted by atomic mass is 35.5. The van der Waals surface area contributed by atoms with Gasteiger partial charge in [0.1, 0.15) is 11.5 Å². The molecule has 2 aromatic rings. The van der Waals surface area contributed by atoms with Gasteiger partial charge in [-0.15, -0.1) is 13.2 Å². The number of benzene rings is 2. The maximum absolute atomic E-state index is 12.1. The number of carbonyl (C=O) groups excluding carboxylic acids is 1. The SMILES string of the molecule is O=C(COc1ccccc1Cl)Nc1cccc(OC(F)(F)F)c1. The molecule has 23 heavy (non-hydrogen) atoms. The monoisotopic (exact) mass is 345 g/mol. The number of para-hydroxylation sites is 1. The van der Waals surface area contributed by atoms with Crippen LogP contribution in [-0.4, -0.2) is 18.9 Å². The lowest BCUT2D eigenvalue weighted by atomic mass is 10.3. The van der Waals surface area contributed by atoms with E-state index in [1.807, 2.05) is 0 Å².